The maximum absolute atomic E-state index is 6.14. The lowest BCUT2D eigenvalue weighted by atomic mass is 9.92. The van der Waals surface area contributed by atoms with E-state index in [0.717, 1.165) is 74.5 Å². The Morgan fingerprint density at radius 2 is 1.90 bits per heavy atom. The van der Waals surface area contributed by atoms with Crippen LogP contribution in [0, 0.1) is 0 Å². The summed E-state index contributed by atoms with van der Waals surface area (Å²) in [4.78, 5) is 7.31. The number of aryl methyl sites for hydroxylation is 1. The highest BCUT2D eigenvalue weighted by Crippen LogP contribution is 2.33. The smallest absolute Gasteiger partial charge is 0.155 e. The molecule has 2 aliphatic rings. The minimum Gasteiger partial charge on any atom is -0.461 e. The molecule has 6 rings (SSSR count). The number of morpholine rings is 1. The summed E-state index contributed by atoms with van der Waals surface area (Å²) in [6.07, 6.45) is 7.34. The molecule has 0 amide bonds. The van der Waals surface area contributed by atoms with Crippen LogP contribution in [0.5, 0.6) is 0 Å². The van der Waals surface area contributed by atoms with Crippen molar-refractivity contribution >= 4 is 16.6 Å². The van der Waals surface area contributed by atoms with Gasteiger partial charge >= 0.3 is 0 Å². The summed E-state index contributed by atoms with van der Waals surface area (Å²) in [6.45, 7) is 4.71. The van der Waals surface area contributed by atoms with Crippen molar-refractivity contribution in [3.05, 3.63) is 53.5 Å². The third-order valence-corrected chi connectivity index (χ3v) is 6.43. The molecule has 6 heteroatoms. The molecule has 1 aromatic carbocycles. The first-order valence-electron chi connectivity index (χ1n) is 11.0. The molecule has 1 saturated heterocycles. The van der Waals surface area contributed by atoms with Crippen LogP contribution in [0.3, 0.4) is 0 Å². The second-order valence-corrected chi connectivity index (χ2v) is 8.36. The first-order valence-corrected chi connectivity index (χ1v) is 11.0. The predicted molar refractivity (Wildman–Crippen MR) is 116 cm³/mol. The maximum Gasteiger partial charge on any atom is 0.155 e. The van der Waals surface area contributed by atoms with E-state index < -0.39 is 0 Å². The van der Waals surface area contributed by atoms with Crippen LogP contribution < -0.4 is 0 Å². The second kappa shape index (κ2) is 7.52. The van der Waals surface area contributed by atoms with Crippen LogP contribution in [0.15, 0.2) is 40.9 Å². The van der Waals surface area contributed by atoms with Gasteiger partial charge in [0.05, 0.1) is 25.1 Å². The van der Waals surface area contributed by atoms with E-state index in [0.29, 0.717) is 0 Å². The van der Waals surface area contributed by atoms with Crippen LogP contribution >= 0.6 is 0 Å². The Kier molecular flexibility index (Phi) is 4.54. The molecule has 30 heavy (non-hydrogen) atoms. The minimum absolute atomic E-state index is 0.835. The molecule has 4 heterocycles. The molecule has 154 valence electrons. The van der Waals surface area contributed by atoms with Gasteiger partial charge in [-0.3, -0.25) is 4.90 Å². The van der Waals surface area contributed by atoms with Crippen LogP contribution in [0.4, 0.5) is 0 Å². The lowest BCUT2D eigenvalue weighted by Gasteiger charge is -2.25. The molecule has 1 aliphatic heterocycles. The first kappa shape index (κ1) is 18.1. The summed E-state index contributed by atoms with van der Waals surface area (Å²) in [5.74, 6) is 1.05. The van der Waals surface area contributed by atoms with Gasteiger partial charge in [-0.15, -0.1) is 0 Å². The monoisotopic (exact) mass is 402 g/mol. The molecule has 3 aromatic heterocycles. The van der Waals surface area contributed by atoms with Crippen molar-refractivity contribution in [1.82, 2.24) is 19.5 Å². The van der Waals surface area contributed by atoms with Gasteiger partial charge in [-0.25, -0.2) is 9.50 Å². The summed E-state index contributed by atoms with van der Waals surface area (Å²) in [5, 5.41) is 5.74. The number of furan rings is 1. The third kappa shape index (κ3) is 3.20. The Labute approximate surface area is 175 Å². The quantitative estimate of drug-likeness (QED) is 0.518. The molecular weight excluding hydrogens is 376 g/mol. The zero-order valence-electron chi connectivity index (χ0n) is 17.1. The van der Waals surface area contributed by atoms with E-state index in [2.05, 4.69) is 34.3 Å². The fraction of sp³-hybridized carbons (Fsp3) is 0.417. The van der Waals surface area contributed by atoms with Crippen molar-refractivity contribution in [2.75, 3.05) is 32.8 Å². The second-order valence-electron chi connectivity index (χ2n) is 8.36. The van der Waals surface area contributed by atoms with Crippen LogP contribution in [0.25, 0.3) is 27.9 Å². The zero-order chi connectivity index (χ0) is 19.9. The molecule has 0 unspecified atom stereocenters. The average molecular weight is 402 g/mol. The van der Waals surface area contributed by atoms with Crippen molar-refractivity contribution < 1.29 is 9.15 Å². The number of benzene rings is 1. The normalized spacial score (nSPS) is 17.6. The topological polar surface area (TPSA) is 55.8 Å². The highest BCUT2D eigenvalue weighted by atomic mass is 16.5. The SMILES string of the molecule is c1cc2nc3c(c(-c4ccc5oc(CCN6CCOCC6)cc5c4)n2n1)CCCC3. The van der Waals surface area contributed by atoms with Gasteiger partial charge < -0.3 is 9.15 Å². The van der Waals surface area contributed by atoms with Crippen LogP contribution in [-0.4, -0.2) is 52.3 Å². The standard InChI is InChI=1S/C24H26N4O2/c1-2-4-21-20(3-1)24(28-23(26-21)7-9-25-28)17-5-6-22-18(15-17)16-19(30-22)8-10-27-11-13-29-14-12-27/h5-7,9,15-16H,1-4,8,10-14H2. The van der Waals surface area contributed by atoms with Gasteiger partial charge in [-0.2, -0.15) is 5.10 Å². The highest BCUT2D eigenvalue weighted by molar-refractivity contribution is 5.84. The molecule has 4 aromatic rings. The van der Waals surface area contributed by atoms with Crippen LogP contribution in [0.1, 0.15) is 29.9 Å². The van der Waals surface area contributed by atoms with E-state index >= 15 is 0 Å². The van der Waals surface area contributed by atoms with Gasteiger partial charge in [-0.1, -0.05) is 0 Å². The summed E-state index contributed by atoms with van der Waals surface area (Å²) in [6, 6.07) is 10.7. The van der Waals surface area contributed by atoms with Gasteiger partial charge in [0, 0.05) is 54.3 Å². The first-order chi connectivity index (χ1) is 14.8. The molecule has 0 N–H and O–H groups in total. The molecule has 0 radical (unpaired) electrons. The lowest BCUT2D eigenvalue weighted by molar-refractivity contribution is 0.0379. The predicted octanol–water partition coefficient (Wildman–Crippen LogP) is 3.90. The Morgan fingerprint density at radius 3 is 2.83 bits per heavy atom. The van der Waals surface area contributed by atoms with Gasteiger partial charge in [0.1, 0.15) is 11.3 Å². The zero-order valence-corrected chi connectivity index (χ0v) is 17.1. The molecule has 1 fully saturated rings. The van der Waals surface area contributed by atoms with E-state index in [1.54, 1.807) is 0 Å². The Hall–Kier alpha value is -2.70. The molecule has 0 spiro atoms. The molecule has 1 aliphatic carbocycles. The fourth-order valence-corrected chi connectivity index (χ4v) is 4.85. The number of nitrogens with zero attached hydrogens (tertiary/aromatic N) is 4. The van der Waals surface area contributed by atoms with Crippen LogP contribution in [-0.2, 0) is 24.0 Å². The van der Waals surface area contributed by atoms with Crippen molar-refractivity contribution in [2.45, 2.75) is 32.1 Å². The fourth-order valence-electron chi connectivity index (χ4n) is 4.85. The third-order valence-electron chi connectivity index (χ3n) is 6.43. The number of rotatable bonds is 4. The molecular formula is C24H26N4O2. The van der Waals surface area contributed by atoms with E-state index in [4.69, 9.17) is 14.1 Å². The van der Waals surface area contributed by atoms with Crippen LogP contribution in [0.2, 0.25) is 0 Å². The molecule has 0 bridgehead atoms. The van der Waals surface area contributed by atoms with Crippen molar-refractivity contribution in [3.8, 4) is 11.3 Å². The number of ether oxygens (including phenoxy) is 1. The molecule has 6 nitrogen and oxygen atoms in total. The van der Waals surface area contributed by atoms with Gasteiger partial charge in [0.2, 0.25) is 0 Å². The largest absolute Gasteiger partial charge is 0.461 e. The number of aromatic nitrogens is 3. The number of hydrogen-bond donors (Lipinski definition) is 0. The van der Waals surface area contributed by atoms with Gasteiger partial charge in [0.15, 0.2) is 5.65 Å². The summed E-state index contributed by atoms with van der Waals surface area (Å²) >= 11 is 0. The summed E-state index contributed by atoms with van der Waals surface area (Å²) in [7, 11) is 0. The highest BCUT2D eigenvalue weighted by Gasteiger charge is 2.20. The van der Waals surface area contributed by atoms with Crippen molar-refractivity contribution in [1.29, 1.82) is 0 Å². The van der Waals surface area contributed by atoms with Gasteiger partial charge in [-0.05, 0) is 49.9 Å². The molecule has 0 atom stereocenters. The van der Waals surface area contributed by atoms with E-state index in [-0.39, 0.29) is 0 Å². The van der Waals surface area contributed by atoms with Gasteiger partial charge in [0.25, 0.3) is 0 Å². The van der Waals surface area contributed by atoms with E-state index in [1.165, 1.54) is 35.4 Å². The average Bonchev–Trinajstić information content (AvgIpc) is 3.42. The Balaban J connectivity index is 1.36. The summed E-state index contributed by atoms with van der Waals surface area (Å²) in [5.41, 5.74) is 6.87. The molecule has 0 saturated carbocycles. The van der Waals surface area contributed by atoms with E-state index in [9.17, 15) is 0 Å². The Morgan fingerprint density at radius 1 is 1.00 bits per heavy atom. The lowest BCUT2D eigenvalue weighted by Crippen LogP contribution is -2.37. The number of hydrogen-bond acceptors (Lipinski definition) is 5. The number of fused-ring (bicyclic) bond motifs is 3. The Bertz CT molecular complexity index is 1200. The minimum atomic E-state index is 0.835. The van der Waals surface area contributed by atoms with Crippen molar-refractivity contribution in [2.24, 2.45) is 0 Å². The van der Waals surface area contributed by atoms with E-state index in [1.807, 2.05) is 16.8 Å². The van der Waals surface area contributed by atoms with Crippen molar-refractivity contribution in [3.63, 3.8) is 0 Å². The summed E-state index contributed by atoms with van der Waals surface area (Å²) < 4.78 is 13.6. The maximum atomic E-state index is 6.14.